The van der Waals surface area contributed by atoms with E-state index in [2.05, 4.69) is 67.9 Å². The van der Waals surface area contributed by atoms with E-state index in [9.17, 15) is 0 Å². The Kier molecular flexibility index (Phi) is 11.8. The number of nitrogens with zero attached hydrogens (tertiary/aromatic N) is 1. The van der Waals surface area contributed by atoms with Gasteiger partial charge >= 0.3 is 0 Å². The molecule has 0 aromatic heterocycles. The largest absolute Gasteiger partial charge is 0.487 e. The fraction of sp³-hybridized carbons (Fsp3) is 0.231. The van der Waals surface area contributed by atoms with Crippen molar-refractivity contribution in [2.24, 2.45) is 5.73 Å². The van der Waals surface area contributed by atoms with Gasteiger partial charge in [0.2, 0.25) is 0 Å². The Hall–Kier alpha value is -1.66. The molecule has 4 N–H and O–H groups in total. The lowest BCUT2D eigenvalue weighted by molar-refractivity contribution is 0.442. The normalized spacial score (nSPS) is 7.95. The molecule has 0 saturated heterocycles. The molecular weight excluding hydrogens is 280 g/mol. The predicted octanol–water partition coefficient (Wildman–Crippen LogP) is 2.82. The van der Waals surface area contributed by atoms with Gasteiger partial charge in [-0.3, -0.25) is 0 Å². The first-order chi connectivity index (χ1) is 8.70. The lowest BCUT2D eigenvalue weighted by Gasteiger charge is -2.03. The minimum absolute atomic E-state index is 0.0741. The quantitative estimate of drug-likeness (QED) is 0.693. The Morgan fingerprint density at radius 2 is 1.53 bits per heavy atom. The minimum Gasteiger partial charge on any atom is -0.487 e. The fourth-order valence-electron chi connectivity index (χ4n) is 0.703. The molecule has 1 rings (SSSR count). The second-order valence-corrected chi connectivity index (χ2v) is 4.41. The van der Waals surface area contributed by atoms with Crippen LogP contribution in [0.4, 0.5) is 0 Å². The highest BCUT2D eigenvalue weighted by molar-refractivity contribution is 7.80. The van der Waals surface area contributed by atoms with Crippen molar-refractivity contribution in [2.75, 3.05) is 14.1 Å². The first-order valence-corrected chi connectivity index (χ1v) is 6.10. The zero-order valence-corrected chi connectivity index (χ0v) is 13.0. The molecule has 0 heterocycles. The number of aliphatic hydroxyl groups excluding tert-OH is 2. The Morgan fingerprint density at radius 3 is 1.74 bits per heavy atom. The van der Waals surface area contributed by atoms with E-state index in [1.54, 1.807) is 14.1 Å². The maximum Gasteiger partial charge on any atom is 0.256 e. The Morgan fingerprint density at radius 1 is 1.21 bits per heavy atom. The molecule has 4 nitrogen and oxygen atoms in total. The average molecular weight is 300 g/mol. The van der Waals surface area contributed by atoms with E-state index in [0.29, 0.717) is 0 Å². The molecule has 6 heteroatoms. The molecular formula is C13H20N2O2S2. The molecule has 0 atom stereocenters. The molecule has 0 aliphatic carbocycles. The smallest absolute Gasteiger partial charge is 0.256 e. The molecule has 106 valence electrons. The summed E-state index contributed by atoms with van der Waals surface area (Å²) in [6.45, 7) is 5.74. The van der Waals surface area contributed by atoms with Gasteiger partial charge in [-0.05, 0) is 36.9 Å². The van der Waals surface area contributed by atoms with E-state index in [0.717, 1.165) is 0 Å². The molecule has 0 fully saturated rings. The van der Waals surface area contributed by atoms with Gasteiger partial charge in [0.15, 0.2) is 0 Å². The summed E-state index contributed by atoms with van der Waals surface area (Å²) in [6, 6.07) is 8.28. The van der Waals surface area contributed by atoms with E-state index in [4.69, 9.17) is 10.2 Å². The first-order valence-electron chi connectivity index (χ1n) is 5.28. The van der Waals surface area contributed by atoms with Crippen molar-refractivity contribution in [1.29, 1.82) is 0 Å². The van der Waals surface area contributed by atoms with E-state index in [-0.39, 0.29) is 5.17 Å². The maximum atomic E-state index is 8.29. The third-order valence-electron chi connectivity index (χ3n) is 1.70. The Labute approximate surface area is 125 Å². The monoisotopic (exact) mass is 300 g/mol. The number of thiocarbonyl (C=S) groups is 2. The van der Waals surface area contributed by atoms with Crippen LogP contribution in [0.2, 0.25) is 0 Å². The standard InChI is InChI=1S/C9H10.C3H7NOS.CH3NOS/c1-3-9-6-4-8(2)5-7-9;1-4(2)3(5)6;2-1(3)4/h3-7H,1H2,2H3;1-2H3,(H,5,6);(H3,2,3,4). The highest BCUT2D eigenvalue weighted by Gasteiger charge is 1.86. The van der Waals surface area contributed by atoms with Crippen LogP contribution in [0.1, 0.15) is 11.1 Å². The van der Waals surface area contributed by atoms with Crippen molar-refractivity contribution in [3.8, 4) is 0 Å². The van der Waals surface area contributed by atoms with Crippen LogP contribution in [0, 0.1) is 6.92 Å². The van der Waals surface area contributed by atoms with Crippen molar-refractivity contribution >= 4 is 40.9 Å². The number of aliphatic hydroxyl groups is 2. The van der Waals surface area contributed by atoms with Gasteiger partial charge in [0.25, 0.3) is 10.3 Å². The van der Waals surface area contributed by atoms with Gasteiger partial charge in [0.05, 0.1) is 0 Å². The molecule has 0 aliphatic rings. The van der Waals surface area contributed by atoms with E-state index >= 15 is 0 Å². The summed E-state index contributed by atoms with van der Waals surface area (Å²) in [6.07, 6.45) is 1.85. The third kappa shape index (κ3) is 16.3. The second-order valence-electron chi connectivity index (χ2n) is 3.63. The highest BCUT2D eigenvalue weighted by Crippen LogP contribution is 2.02. The third-order valence-corrected chi connectivity index (χ3v) is 2.06. The Bertz CT molecular complexity index is 400. The molecule has 0 amide bonds. The summed E-state index contributed by atoms with van der Waals surface area (Å²) < 4.78 is 0. The summed E-state index contributed by atoms with van der Waals surface area (Å²) >= 11 is 8.17. The second kappa shape index (κ2) is 11.4. The van der Waals surface area contributed by atoms with Crippen LogP contribution >= 0.6 is 24.4 Å². The summed E-state index contributed by atoms with van der Waals surface area (Å²) in [5, 5.41) is 15.3. The molecule has 19 heavy (non-hydrogen) atoms. The van der Waals surface area contributed by atoms with Crippen molar-refractivity contribution in [2.45, 2.75) is 6.92 Å². The first kappa shape index (κ1) is 19.7. The predicted molar refractivity (Wildman–Crippen MR) is 89.6 cm³/mol. The molecule has 0 unspecified atom stereocenters. The van der Waals surface area contributed by atoms with Gasteiger partial charge in [0.1, 0.15) is 0 Å². The molecule has 0 aliphatic heterocycles. The van der Waals surface area contributed by atoms with Gasteiger partial charge in [-0.25, -0.2) is 0 Å². The van der Waals surface area contributed by atoms with Gasteiger partial charge < -0.3 is 20.8 Å². The zero-order chi connectivity index (χ0) is 15.4. The lowest BCUT2D eigenvalue weighted by atomic mass is 10.2. The Balaban J connectivity index is 0. The van der Waals surface area contributed by atoms with Crippen molar-refractivity contribution in [3.63, 3.8) is 0 Å². The van der Waals surface area contributed by atoms with Crippen LogP contribution < -0.4 is 5.73 Å². The van der Waals surface area contributed by atoms with Crippen molar-refractivity contribution in [1.82, 2.24) is 4.90 Å². The average Bonchev–Trinajstić information content (AvgIpc) is 2.30. The zero-order valence-electron chi connectivity index (χ0n) is 11.3. The van der Waals surface area contributed by atoms with E-state index < -0.39 is 5.17 Å². The summed E-state index contributed by atoms with van der Waals surface area (Å²) in [4.78, 5) is 1.45. The van der Waals surface area contributed by atoms with Crippen molar-refractivity contribution in [3.05, 3.63) is 42.0 Å². The van der Waals surface area contributed by atoms with Crippen molar-refractivity contribution < 1.29 is 10.2 Å². The van der Waals surface area contributed by atoms with Crippen LogP contribution in [0.5, 0.6) is 0 Å². The number of benzene rings is 1. The van der Waals surface area contributed by atoms with Gasteiger partial charge in [-0.2, -0.15) is 0 Å². The van der Waals surface area contributed by atoms with Crippen LogP contribution in [-0.2, 0) is 0 Å². The van der Waals surface area contributed by atoms with E-state index in [1.165, 1.54) is 16.0 Å². The van der Waals surface area contributed by atoms with Crippen LogP contribution in [0.3, 0.4) is 0 Å². The highest BCUT2D eigenvalue weighted by atomic mass is 32.1. The SMILES string of the molecule is C=Cc1ccc(C)cc1.CN(C)C(O)=S.NC(O)=S. The fourth-order valence-corrected chi connectivity index (χ4v) is 0.703. The number of nitrogens with two attached hydrogens (primary N) is 1. The topological polar surface area (TPSA) is 69.7 Å². The summed E-state index contributed by atoms with van der Waals surface area (Å²) in [5.74, 6) is 0. The maximum absolute atomic E-state index is 8.29. The molecule has 0 spiro atoms. The van der Waals surface area contributed by atoms with Gasteiger partial charge in [-0.15, -0.1) is 0 Å². The minimum atomic E-state index is -0.500. The van der Waals surface area contributed by atoms with E-state index in [1.807, 2.05) is 6.08 Å². The van der Waals surface area contributed by atoms with Crippen LogP contribution in [0.25, 0.3) is 6.08 Å². The number of rotatable bonds is 1. The number of hydrogen-bond donors (Lipinski definition) is 3. The number of aryl methyl sites for hydroxylation is 1. The van der Waals surface area contributed by atoms with Crippen LogP contribution in [0.15, 0.2) is 30.8 Å². The lowest BCUT2D eigenvalue weighted by Crippen LogP contribution is -2.17. The van der Waals surface area contributed by atoms with Crippen LogP contribution in [-0.4, -0.2) is 39.6 Å². The molecule has 1 aromatic rings. The molecule has 1 aromatic carbocycles. The summed E-state index contributed by atoms with van der Waals surface area (Å²) in [7, 11) is 3.37. The van der Waals surface area contributed by atoms with Gasteiger partial charge in [-0.1, -0.05) is 42.5 Å². The van der Waals surface area contributed by atoms with Gasteiger partial charge in [0, 0.05) is 14.1 Å². The number of hydrogen-bond acceptors (Lipinski definition) is 2. The molecule has 0 bridgehead atoms. The molecule has 0 radical (unpaired) electrons. The molecule has 0 saturated carbocycles. The summed E-state index contributed by atoms with van der Waals surface area (Å²) in [5.41, 5.74) is 6.87.